The molecule has 2 aromatic carbocycles. The van der Waals surface area contributed by atoms with E-state index in [0.717, 1.165) is 107 Å². The van der Waals surface area contributed by atoms with Crippen LogP contribution in [0.15, 0.2) is 73.3 Å². The van der Waals surface area contributed by atoms with E-state index in [-0.39, 0.29) is 34.2 Å². The van der Waals surface area contributed by atoms with E-state index in [0.29, 0.717) is 55.5 Å². The van der Waals surface area contributed by atoms with Gasteiger partial charge in [-0.2, -0.15) is 36.9 Å². The Kier molecular flexibility index (Phi) is 14.2. The van der Waals surface area contributed by atoms with Gasteiger partial charge in [0.05, 0.1) is 23.6 Å². The number of aromatic nitrogens is 6. The zero-order chi connectivity index (χ0) is 46.0. The van der Waals surface area contributed by atoms with Crippen LogP contribution >= 0.6 is 35.1 Å². The van der Waals surface area contributed by atoms with Gasteiger partial charge in [0, 0.05) is 68.8 Å². The monoisotopic (exact) mass is 976 g/mol. The van der Waals surface area contributed by atoms with Crippen LogP contribution < -0.4 is 21.3 Å². The summed E-state index contributed by atoms with van der Waals surface area (Å²) in [6.07, 6.45) is -1.88. The van der Waals surface area contributed by atoms with Gasteiger partial charge in [0.25, 0.3) is 0 Å². The third kappa shape index (κ3) is 11.9. The molecule has 6 N–H and O–H groups in total. The fraction of sp³-hybridized carbons (Fsp3) is 0.348. The normalized spacial score (nSPS) is 18.4. The summed E-state index contributed by atoms with van der Waals surface area (Å²) in [5.74, 6) is 1.20. The number of benzene rings is 2. The molecule has 10 rings (SSSR count). The molecular weight excluding hydrogens is 934 g/mol. The quantitative estimate of drug-likeness (QED) is 0.0646. The largest absolute Gasteiger partial charge is 0.393 e. The first-order valence-corrected chi connectivity index (χ1v) is 23.0. The Bertz CT molecular complexity index is 2880. The summed E-state index contributed by atoms with van der Waals surface area (Å²) in [7, 11) is 0. The zero-order valence-corrected chi connectivity index (χ0v) is 37.9. The van der Waals surface area contributed by atoms with E-state index < -0.39 is 25.2 Å². The zero-order valence-electron chi connectivity index (χ0n) is 35.5. The number of nitrogens with one attached hydrogen (secondary N) is 6. The fourth-order valence-electron chi connectivity index (χ4n) is 8.82. The number of anilines is 2. The fourth-order valence-corrected chi connectivity index (χ4v) is 10.9. The van der Waals surface area contributed by atoms with Gasteiger partial charge in [0.2, 0.25) is 0 Å². The van der Waals surface area contributed by atoms with Gasteiger partial charge in [0.1, 0.15) is 57.5 Å². The predicted molar refractivity (Wildman–Crippen MR) is 251 cm³/mol. The van der Waals surface area contributed by atoms with Crippen LogP contribution in [0.3, 0.4) is 0 Å². The highest BCUT2D eigenvalue weighted by Gasteiger charge is 2.31. The highest BCUT2D eigenvalue weighted by Crippen LogP contribution is 2.36. The Morgan fingerprint density at radius 2 is 1.00 bits per heavy atom. The van der Waals surface area contributed by atoms with Crippen molar-refractivity contribution in [2.24, 2.45) is 0 Å². The van der Waals surface area contributed by atoms with E-state index in [1.807, 2.05) is 36.4 Å². The van der Waals surface area contributed by atoms with Gasteiger partial charge in [-0.25, -0.2) is 19.9 Å². The first-order chi connectivity index (χ1) is 31.7. The summed E-state index contributed by atoms with van der Waals surface area (Å²) < 4.78 is 76.6. The number of rotatable bonds is 12. The topological polar surface area (TPSA) is 179 Å². The lowest BCUT2D eigenvalue weighted by Crippen LogP contribution is -2.27. The average molecular weight is 978 g/mol. The molecular formula is C46H43ClF6N12S2. The summed E-state index contributed by atoms with van der Waals surface area (Å²) >= 11 is 2.13. The number of alkyl halides is 6. The highest BCUT2D eigenvalue weighted by molar-refractivity contribution is 7.19. The van der Waals surface area contributed by atoms with Gasteiger partial charge in [-0.05, 0) is 98.2 Å². The van der Waals surface area contributed by atoms with E-state index in [4.69, 9.17) is 10.5 Å². The number of nitrogens with zero attached hydrogens (tertiary/aromatic N) is 6. The van der Waals surface area contributed by atoms with Crippen molar-refractivity contribution in [3.63, 3.8) is 0 Å². The number of thiophene rings is 2. The second kappa shape index (κ2) is 20.1. The third-order valence-electron chi connectivity index (χ3n) is 11.9. The number of aromatic amines is 2. The van der Waals surface area contributed by atoms with Crippen molar-refractivity contribution in [1.29, 1.82) is 10.5 Å². The molecule has 2 fully saturated rings. The summed E-state index contributed by atoms with van der Waals surface area (Å²) in [6.45, 7) is 1.45. The van der Waals surface area contributed by atoms with Gasteiger partial charge in [-0.15, -0.1) is 35.1 Å². The molecule has 2 saturated carbocycles. The van der Waals surface area contributed by atoms with Crippen LogP contribution in [0.1, 0.15) is 70.8 Å². The molecule has 8 aromatic rings. The summed E-state index contributed by atoms with van der Waals surface area (Å²) in [6, 6.07) is 24.3. The lowest BCUT2D eigenvalue weighted by Gasteiger charge is -2.15. The number of hydrogen-bond acceptors (Lipinski definition) is 12. The van der Waals surface area contributed by atoms with Crippen molar-refractivity contribution in [3.8, 4) is 12.1 Å². The van der Waals surface area contributed by atoms with Crippen LogP contribution in [-0.4, -0.2) is 66.4 Å². The minimum absolute atomic E-state index is 0. The van der Waals surface area contributed by atoms with Crippen LogP contribution in [0.5, 0.6) is 0 Å². The van der Waals surface area contributed by atoms with Crippen LogP contribution in [0.25, 0.3) is 42.2 Å². The Balaban J connectivity index is 0.000000179. The van der Waals surface area contributed by atoms with Crippen molar-refractivity contribution in [2.75, 3.05) is 10.6 Å². The number of hydrogen-bond donors (Lipinski definition) is 6. The first-order valence-electron chi connectivity index (χ1n) is 21.4. The van der Waals surface area contributed by atoms with Crippen molar-refractivity contribution in [1.82, 2.24) is 40.5 Å². The average Bonchev–Trinajstić information content (AvgIpc) is 4.14. The van der Waals surface area contributed by atoms with E-state index >= 15 is 0 Å². The first kappa shape index (κ1) is 47.5. The summed E-state index contributed by atoms with van der Waals surface area (Å²) in [5.41, 5.74) is 5.29. The molecule has 4 atom stereocenters. The number of halogens is 7. The SMILES string of the molecule is Cl.N#Cc1cc2cc(CN[C@@H]3CC[C@@H](Nc4ncnc5sc(CC(F)(F)F)cc45)C3)ccc2[nH]1.N#Cc1cc2cc(CN[C@@H]3CC[C@@H](Nc4ncnc5sc(CC(F)(F)F)cc45)C3)ccc2[nH]1. The predicted octanol–water partition coefficient (Wildman–Crippen LogP) is 11.0. The van der Waals surface area contributed by atoms with Crippen LogP contribution in [0, 0.1) is 22.7 Å². The second-order valence-electron chi connectivity index (χ2n) is 16.8. The maximum Gasteiger partial charge on any atom is 0.393 e. The maximum absolute atomic E-state index is 12.8. The van der Waals surface area contributed by atoms with E-state index in [9.17, 15) is 26.3 Å². The van der Waals surface area contributed by atoms with Gasteiger partial charge in [-0.3, -0.25) is 0 Å². The molecule has 12 nitrogen and oxygen atoms in total. The van der Waals surface area contributed by atoms with Crippen LogP contribution in [-0.2, 0) is 25.9 Å². The minimum atomic E-state index is -4.24. The van der Waals surface area contributed by atoms with Gasteiger partial charge < -0.3 is 31.2 Å². The van der Waals surface area contributed by atoms with E-state index in [1.54, 1.807) is 12.1 Å². The van der Waals surface area contributed by atoms with Gasteiger partial charge >= 0.3 is 12.4 Å². The lowest BCUT2D eigenvalue weighted by atomic mass is 10.1. The number of H-pyrrole nitrogens is 2. The molecule has 21 heteroatoms. The van der Waals surface area contributed by atoms with Gasteiger partial charge in [0.15, 0.2) is 0 Å². The molecule has 6 heterocycles. The van der Waals surface area contributed by atoms with Crippen molar-refractivity contribution in [2.45, 2.75) is 101 Å². The molecule has 0 spiro atoms. The van der Waals surface area contributed by atoms with Crippen LogP contribution in [0.2, 0.25) is 0 Å². The Morgan fingerprint density at radius 1 is 0.582 bits per heavy atom. The summed E-state index contributed by atoms with van der Waals surface area (Å²) in [5, 5.41) is 35.4. The highest BCUT2D eigenvalue weighted by atomic mass is 35.5. The second-order valence-corrected chi connectivity index (χ2v) is 19.0. The molecule has 0 amide bonds. The van der Waals surface area contributed by atoms with Crippen molar-refractivity contribution >= 4 is 89.0 Å². The molecule has 348 valence electrons. The van der Waals surface area contributed by atoms with Gasteiger partial charge in [-0.1, -0.05) is 12.1 Å². The van der Waals surface area contributed by atoms with Crippen molar-refractivity contribution < 1.29 is 26.3 Å². The Morgan fingerprint density at radius 3 is 1.40 bits per heavy atom. The number of nitriles is 2. The smallest absolute Gasteiger partial charge is 0.367 e. The Hall–Kier alpha value is -6.03. The molecule has 6 aromatic heterocycles. The molecule has 67 heavy (non-hydrogen) atoms. The number of fused-ring (bicyclic) bond motifs is 4. The molecule has 0 saturated heterocycles. The summed E-state index contributed by atoms with van der Waals surface area (Å²) in [4.78, 5) is 24.6. The molecule has 0 bridgehead atoms. The molecule has 0 aliphatic heterocycles. The molecule has 0 radical (unpaired) electrons. The Labute approximate surface area is 394 Å². The molecule has 2 aliphatic carbocycles. The third-order valence-corrected chi connectivity index (χ3v) is 13.9. The minimum Gasteiger partial charge on any atom is -0.367 e. The molecule has 0 unspecified atom stereocenters. The van der Waals surface area contributed by atoms with E-state index in [2.05, 4.69) is 75.4 Å². The maximum atomic E-state index is 12.8. The molecule has 2 aliphatic rings. The van der Waals surface area contributed by atoms with Crippen LogP contribution in [0.4, 0.5) is 38.0 Å². The van der Waals surface area contributed by atoms with Crippen molar-refractivity contribution in [3.05, 3.63) is 106 Å². The standard InChI is InChI=1S/2C23H21F3N6S.ClH/c2*24-23(25,26)9-18-8-19-21(29-12-30-22(19)33-18)32-16-3-2-15(7-16)28-11-13-1-4-20-14(5-13)6-17(10-27)31-20;/h2*1,4-6,8,12,15-16,28,31H,2-3,7,9,11H2,(H,29,30,32);1H/t2*15-,16-;/m11./s1. The lowest BCUT2D eigenvalue weighted by molar-refractivity contribution is -0.127. The van der Waals surface area contributed by atoms with E-state index in [1.165, 1.54) is 12.7 Å².